The molecule has 1 heterocycles. The van der Waals surface area contributed by atoms with Crippen LogP contribution in [0, 0.1) is 17.6 Å². The van der Waals surface area contributed by atoms with Gasteiger partial charge in [-0.25, -0.2) is 8.78 Å². The van der Waals surface area contributed by atoms with Crippen molar-refractivity contribution in [3.05, 3.63) is 69.2 Å². The van der Waals surface area contributed by atoms with Crippen LogP contribution in [0.15, 0.2) is 41.6 Å². The second kappa shape index (κ2) is 10.2. The van der Waals surface area contributed by atoms with E-state index >= 15 is 0 Å². The molecule has 0 saturated carbocycles. The van der Waals surface area contributed by atoms with Crippen molar-refractivity contribution in [3.63, 3.8) is 0 Å². The number of nitrogens with zero attached hydrogens (tertiary/aromatic N) is 2. The number of piperidine rings is 1. The number of benzene rings is 2. The maximum atomic E-state index is 13.5. The zero-order valence-corrected chi connectivity index (χ0v) is 17.5. The Hall–Kier alpha value is -2.22. The molecule has 3 rings (SSSR count). The molecular weight excluding hydrogens is 437 g/mol. The van der Waals surface area contributed by atoms with E-state index in [2.05, 4.69) is 5.16 Å². The van der Waals surface area contributed by atoms with Crippen LogP contribution in [0.1, 0.15) is 24.0 Å². The minimum Gasteiger partial charge on any atom is -0.481 e. The van der Waals surface area contributed by atoms with E-state index in [0.717, 1.165) is 25.1 Å². The molecular formula is C21H20Cl2F2N2O3. The molecule has 2 aromatic rings. The number of hydrogen-bond acceptors (Lipinski definition) is 4. The van der Waals surface area contributed by atoms with Crippen LogP contribution in [0.5, 0.6) is 0 Å². The molecule has 0 amide bonds. The smallest absolute Gasteiger partial charge is 0.307 e. The molecule has 30 heavy (non-hydrogen) atoms. The number of carboxylic acids is 1. The predicted molar refractivity (Wildman–Crippen MR) is 111 cm³/mol. The molecule has 0 aliphatic carbocycles. The van der Waals surface area contributed by atoms with Crippen LogP contribution in [-0.4, -0.2) is 47.9 Å². The van der Waals surface area contributed by atoms with Crippen LogP contribution in [0.3, 0.4) is 0 Å². The molecule has 5 nitrogen and oxygen atoms in total. The van der Waals surface area contributed by atoms with Gasteiger partial charge in [0.15, 0.2) is 0 Å². The first-order valence-electron chi connectivity index (χ1n) is 9.41. The van der Waals surface area contributed by atoms with Gasteiger partial charge in [0.2, 0.25) is 0 Å². The van der Waals surface area contributed by atoms with Crippen LogP contribution < -0.4 is 0 Å². The van der Waals surface area contributed by atoms with Gasteiger partial charge < -0.3 is 9.94 Å². The van der Waals surface area contributed by atoms with E-state index < -0.39 is 17.6 Å². The average Bonchev–Trinajstić information content (AvgIpc) is 2.70. The third kappa shape index (κ3) is 5.68. The van der Waals surface area contributed by atoms with Gasteiger partial charge in [0.05, 0.1) is 16.0 Å². The Kier molecular flexibility index (Phi) is 7.64. The highest BCUT2D eigenvalue weighted by atomic mass is 35.5. The number of aliphatic carboxylic acids is 1. The van der Waals surface area contributed by atoms with Gasteiger partial charge in [0.1, 0.15) is 24.0 Å². The van der Waals surface area contributed by atoms with Crippen molar-refractivity contribution in [1.29, 1.82) is 0 Å². The van der Waals surface area contributed by atoms with Crippen LogP contribution in [-0.2, 0) is 9.63 Å². The van der Waals surface area contributed by atoms with Crippen LogP contribution in [0.25, 0.3) is 0 Å². The first-order valence-corrected chi connectivity index (χ1v) is 10.2. The molecule has 1 aliphatic heterocycles. The van der Waals surface area contributed by atoms with Gasteiger partial charge in [0.25, 0.3) is 0 Å². The zero-order chi connectivity index (χ0) is 21.7. The van der Waals surface area contributed by atoms with Crippen LogP contribution in [0.2, 0.25) is 10.0 Å². The number of hydrogen-bond donors (Lipinski definition) is 1. The standard InChI is InChI=1S/C21H20Cl2F2N2O3/c22-18-10-14(24)3-5-16(18)20(17-6-4-15(25)11-19(17)23)26-30-9-8-27-7-1-2-13(12-27)21(28)29/h3-6,10-11,13H,1-2,7-9,12H2,(H,28,29). The quantitative estimate of drug-likeness (QED) is 0.367. The highest BCUT2D eigenvalue weighted by Gasteiger charge is 2.25. The van der Waals surface area contributed by atoms with Gasteiger partial charge in [0, 0.05) is 24.2 Å². The molecule has 0 bridgehead atoms. The molecule has 1 fully saturated rings. The van der Waals surface area contributed by atoms with Crippen LogP contribution in [0.4, 0.5) is 8.78 Å². The van der Waals surface area contributed by atoms with Gasteiger partial charge in [-0.3, -0.25) is 9.69 Å². The first-order chi connectivity index (χ1) is 14.3. The Labute approximate surface area is 182 Å². The van der Waals surface area contributed by atoms with E-state index in [9.17, 15) is 18.7 Å². The monoisotopic (exact) mass is 456 g/mol. The van der Waals surface area contributed by atoms with E-state index in [1.165, 1.54) is 24.3 Å². The number of carboxylic acid groups (broad SMARTS) is 1. The van der Waals surface area contributed by atoms with Gasteiger partial charge >= 0.3 is 5.97 Å². The molecule has 2 aromatic carbocycles. The minimum absolute atomic E-state index is 0.109. The van der Waals surface area contributed by atoms with Crippen molar-refractivity contribution in [3.8, 4) is 0 Å². The fourth-order valence-corrected chi connectivity index (χ4v) is 3.86. The molecule has 1 unspecified atom stereocenters. The topological polar surface area (TPSA) is 62.1 Å². The van der Waals surface area contributed by atoms with Crippen molar-refractivity contribution >= 4 is 34.9 Å². The Morgan fingerprint density at radius 2 is 1.73 bits per heavy atom. The summed E-state index contributed by atoms with van der Waals surface area (Å²) in [4.78, 5) is 18.7. The fraction of sp³-hybridized carbons (Fsp3) is 0.333. The SMILES string of the molecule is O=C(O)C1CCCN(CCON=C(c2ccc(F)cc2Cl)c2ccc(F)cc2Cl)C1. The van der Waals surface area contributed by atoms with E-state index in [-0.39, 0.29) is 28.3 Å². The lowest BCUT2D eigenvalue weighted by molar-refractivity contribution is -0.143. The third-order valence-corrected chi connectivity index (χ3v) is 5.51. The van der Waals surface area contributed by atoms with E-state index in [0.29, 0.717) is 30.6 Å². The van der Waals surface area contributed by atoms with E-state index in [1.807, 2.05) is 4.90 Å². The highest BCUT2D eigenvalue weighted by molar-refractivity contribution is 6.38. The highest BCUT2D eigenvalue weighted by Crippen LogP contribution is 2.26. The summed E-state index contributed by atoms with van der Waals surface area (Å²) in [5.74, 6) is -2.19. The Bertz CT molecular complexity index is 902. The van der Waals surface area contributed by atoms with Crippen molar-refractivity contribution in [2.45, 2.75) is 12.8 Å². The predicted octanol–water partition coefficient (Wildman–Crippen LogP) is 4.84. The van der Waals surface area contributed by atoms with E-state index in [4.69, 9.17) is 28.0 Å². The molecule has 9 heteroatoms. The Morgan fingerprint density at radius 1 is 1.13 bits per heavy atom. The summed E-state index contributed by atoms with van der Waals surface area (Å²) in [5.41, 5.74) is 1.01. The Morgan fingerprint density at radius 3 is 2.27 bits per heavy atom. The minimum atomic E-state index is -0.794. The number of likely N-dealkylation sites (tertiary alicyclic amines) is 1. The number of halogens is 4. The van der Waals surface area contributed by atoms with Crippen molar-refractivity contribution < 1.29 is 23.5 Å². The van der Waals surface area contributed by atoms with Crippen molar-refractivity contribution in [2.24, 2.45) is 11.1 Å². The van der Waals surface area contributed by atoms with Gasteiger partial charge in [-0.05, 0) is 55.8 Å². The maximum absolute atomic E-state index is 13.5. The largest absolute Gasteiger partial charge is 0.481 e. The summed E-state index contributed by atoms with van der Waals surface area (Å²) in [5, 5.41) is 13.5. The lowest BCUT2D eigenvalue weighted by Crippen LogP contribution is -2.40. The molecule has 0 spiro atoms. The summed E-state index contributed by atoms with van der Waals surface area (Å²) in [6.45, 7) is 1.95. The average molecular weight is 457 g/mol. The summed E-state index contributed by atoms with van der Waals surface area (Å²) in [6.07, 6.45) is 1.48. The summed E-state index contributed by atoms with van der Waals surface area (Å²) in [6, 6.07) is 7.64. The van der Waals surface area contributed by atoms with Gasteiger partial charge in [-0.1, -0.05) is 28.4 Å². The number of carbonyl (C=O) groups is 1. The molecule has 0 radical (unpaired) electrons. The van der Waals surface area contributed by atoms with Gasteiger partial charge in [-0.15, -0.1) is 0 Å². The second-order valence-corrected chi connectivity index (χ2v) is 7.81. The summed E-state index contributed by atoms with van der Waals surface area (Å²) in [7, 11) is 0. The lowest BCUT2D eigenvalue weighted by atomic mass is 9.98. The molecule has 1 aliphatic rings. The Balaban J connectivity index is 1.77. The molecule has 1 N–H and O–H groups in total. The zero-order valence-electron chi connectivity index (χ0n) is 16.0. The molecule has 160 valence electrons. The fourth-order valence-electron chi connectivity index (χ4n) is 3.35. The third-order valence-electron chi connectivity index (χ3n) is 4.88. The normalized spacial score (nSPS) is 16.9. The molecule has 1 saturated heterocycles. The lowest BCUT2D eigenvalue weighted by Gasteiger charge is -2.30. The van der Waals surface area contributed by atoms with E-state index in [1.54, 1.807) is 0 Å². The number of rotatable bonds is 7. The van der Waals surface area contributed by atoms with Crippen molar-refractivity contribution in [1.82, 2.24) is 4.90 Å². The first kappa shape index (κ1) is 22.5. The summed E-state index contributed by atoms with van der Waals surface area (Å²) < 4.78 is 26.9. The number of oxime groups is 1. The maximum Gasteiger partial charge on any atom is 0.307 e. The molecule has 0 aromatic heterocycles. The van der Waals surface area contributed by atoms with Gasteiger partial charge in [-0.2, -0.15) is 0 Å². The second-order valence-electron chi connectivity index (χ2n) is 7.00. The van der Waals surface area contributed by atoms with Crippen LogP contribution >= 0.6 is 23.2 Å². The summed E-state index contributed by atoms with van der Waals surface area (Å²) >= 11 is 12.4. The molecule has 1 atom stereocenters. The van der Waals surface area contributed by atoms with Crippen molar-refractivity contribution in [2.75, 3.05) is 26.2 Å².